The fourth-order valence-corrected chi connectivity index (χ4v) is 4.15. The number of halogens is 2. The summed E-state index contributed by atoms with van der Waals surface area (Å²) in [7, 11) is 0. The molecule has 2 unspecified atom stereocenters. The fourth-order valence-electron chi connectivity index (χ4n) is 3.90. The second-order valence-electron chi connectivity index (χ2n) is 8.09. The van der Waals surface area contributed by atoms with Crippen LogP contribution in [0.25, 0.3) is 22.5 Å². The van der Waals surface area contributed by atoms with Crippen molar-refractivity contribution in [1.29, 1.82) is 0 Å². The quantitative estimate of drug-likeness (QED) is 0.404. The largest absolute Gasteiger partial charge is 0.307 e. The molecule has 1 aliphatic rings. The van der Waals surface area contributed by atoms with Crippen LogP contribution in [-0.4, -0.2) is 36.6 Å². The van der Waals surface area contributed by atoms with E-state index in [1.54, 1.807) is 54.2 Å². The van der Waals surface area contributed by atoms with Crippen molar-refractivity contribution in [2.24, 2.45) is 5.92 Å². The summed E-state index contributed by atoms with van der Waals surface area (Å²) < 4.78 is 15.8. The normalized spacial score (nSPS) is 17.6. The zero-order chi connectivity index (χ0) is 23.8. The first-order valence-electron chi connectivity index (χ1n) is 10.7. The zero-order valence-corrected chi connectivity index (χ0v) is 19.2. The van der Waals surface area contributed by atoms with Crippen LogP contribution < -0.4 is 5.32 Å². The smallest absolute Gasteiger partial charge is 0.256 e. The van der Waals surface area contributed by atoms with Gasteiger partial charge in [0.15, 0.2) is 5.65 Å². The van der Waals surface area contributed by atoms with Crippen LogP contribution in [0.1, 0.15) is 28.7 Å². The highest BCUT2D eigenvalue weighted by Gasteiger charge is 2.23. The van der Waals surface area contributed by atoms with Crippen LogP contribution in [0.3, 0.4) is 0 Å². The molecular formula is C25H20ClFN6O. The summed E-state index contributed by atoms with van der Waals surface area (Å²) in [6, 6.07) is 10.4. The molecule has 0 radical (unpaired) electrons. The van der Waals surface area contributed by atoms with Crippen molar-refractivity contribution in [2.75, 3.05) is 5.32 Å². The summed E-state index contributed by atoms with van der Waals surface area (Å²) in [5, 5.41) is 7.52. The van der Waals surface area contributed by atoms with E-state index in [0.717, 1.165) is 16.8 Å². The number of amides is 1. The Morgan fingerprint density at radius 2 is 2.03 bits per heavy atom. The van der Waals surface area contributed by atoms with Gasteiger partial charge < -0.3 is 5.32 Å². The number of nitrogens with one attached hydrogen (secondary N) is 1. The average molecular weight is 475 g/mol. The van der Waals surface area contributed by atoms with E-state index in [-0.39, 0.29) is 17.0 Å². The van der Waals surface area contributed by atoms with Crippen LogP contribution in [0.4, 0.5) is 10.2 Å². The highest BCUT2D eigenvalue weighted by molar-refractivity contribution is 6.29. The standard InChI is InChI=1S/C25H20ClFN6O/c1-14-10-16(5-6-19(14)27)23-24(33-22(32-23)4-3-8-29-33)17-7-9-28-21(13-17)31-25(34)18-11-15(2)30-20(26)12-18/h3-14,19H,1-2H3,(H,28,31,34). The Balaban J connectivity index is 1.56. The van der Waals surface area contributed by atoms with Crippen LogP contribution in [0.15, 0.2) is 67.0 Å². The van der Waals surface area contributed by atoms with Gasteiger partial charge in [-0.2, -0.15) is 5.10 Å². The minimum absolute atomic E-state index is 0.242. The van der Waals surface area contributed by atoms with Crippen molar-refractivity contribution in [3.05, 3.63) is 89.1 Å². The third kappa shape index (κ3) is 4.20. The molecule has 1 amide bonds. The van der Waals surface area contributed by atoms with E-state index < -0.39 is 6.17 Å². The Kier molecular flexibility index (Phi) is 5.67. The Morgan fingerprint density at radius 1 is 1.18 bits per heavy atom. The van der Waals surface area contributed by atoms with E-state index in [0.29, 0.717) is 28.4 Å². The number of pyridine rings is 2. The Labute approximate surface area is 200 Å². The van der Waals surface area contributed by atoms with Crippen LogP contribution in [0, 0.1) is 12.8 Å². The molecule has 0 fully saturated rings. The Morgan fingerprint density at radius 3 is 2.82 bits per heavy atom. The summed E-state index contributed by atoms with van der Waals surface area (Å²) in [6.07, 6.45) is 7.40. The van der Waals surface area contributed by atoms with E-state index >= 15 is 0 Å². The van der Waals surface area contributed by atoms with Crippen molar-refractivity contribution in [2.45, 2.75) is 20.0 Å². The summed E-state index contributed by atoms with van der Waals surface area (Å²) in [4.78, 5) is 25.9. The zero-order valence-electron chi connectivity index (χ0n) is 18.4. The average Bonchev–Trinajstić information content (AvgIpc) is 3.20. The minimum Gasteiger partial charge on any atom is -0.307 e. The fraction of sp³-hybridized carbons (Fsp3) is 0.160. The molecule has 7 nitrogen and oxygen atoms in total. The van der Waals surface area contributed by atoms with Crippen LogP contribution in [0.2, 0.25) is 5.15 Å². The third-order valence-corrected chi connectivity index (χ3v) is 5.72. The number of hydrogen-bond acceptors (Lipinski definition) is 5. The number of imidazole rings is 1. The molecule has 2 atom stereocenters. The molecule has 1 N–H and O–H groups in total. The number of carbonyl (C=O) groups excluding carboxylic acids is 1. The van der Waals surface area contributed by atoms with Gasteiger partial charge in [-0.25, -0.2) is 23.9 Å². The number of aryl methyl sites for hydroxylation is 1. The summed E-state index contributed by atoms with van der Waals surface area (Å²) >= 11 is 6.00. The first kappa shape index (κ1) is 21.9. The van der Waals surface area contributed by atoms with E-state index in [2.05, 4.69) is 20.4 Å². The number of carbonyl (C=O) groups is 1. The van der Waals surface area contributed by atoms with Crippen molar-refractivity contribution >= 4 is 34.5 Å². The highest BCUT2D eigenvalue weighted by Crippen LogP contribution is 2.34. The number of hydrogen-bond donors (Lipinski definition) is 1. The van der Waals surface area contributed by atoms with E-state index in [1.807, 2.05) is 25.1 Å². The molecule has 0 spiro atoms. The van der Waals surface area contributed by atoms with Crippen molar-refractivity contribution in [3.63, 3.8) is 0 Å². The molecule has 5 rings (SSSR count). The van der Waals surface area contributed by atoms with Gasteiger partial charge in [-0.1, -0.05) is 30.7 Å². The molecule has 9 heteroatoms. The molecule has 0 saturated heterocycles. The lowest BCUT2D eigenvalue weighted by atomic mass is 9.93. The Hall–Kier alpha value is -3.91. The molecule has 4 aromatic heterocycles. The van der Waals surface area contributed by atoms with Crippen LogP contribution in [-0.2, 0) is 0 Å². The maximum absolute atomic E-state index is 14.0. The lowest BCUT2D eigenvalue weighted by Gasteiger charge is -2.16. The lowest BCUT2D eigenvalue weighted by molar-refractivity contribution is 0.102. The molecular weight excluding hydrogens is 455 g/mol. The van der Waals surface area contributed by atoms with Gasteiger partial charge in [-0.05, 0) is 55.0 Å². The van der Waals surface area contributed by atoms with Crippen molar-refractivity contribution in [1.82, 2.24) is 24.6 Å². The minimum atomic E-state index is -1.03. The van der Waals surface area contributed by atoms with Gasteiger partial charge in [-0.3, -0.25) is 4.79 Å². The van der Waals surface area contributed by atoms with Gasteiger partial charge in [0.05, 0.1) is 5.69 Å². The number of anilines is 1. The maximum Gasteiger partial charge on any atom is 0.256 e. The molecule has 0 bridgehead atoms. The second kappa shape index (κ2) is 8.79. The van der Waals surface area contributed by atoms with Crippen LogP contribution in [0.5, 0.6) is 0 Å². The third-order valence-electron chi connectivity index (χ3n) is 5.53. The van der Waals surface area contributed by atoms with Gasteiger partial charge in [-0.15, -0.1) is 0 Å². The first-order chi connectivity index (χ1) is 16.4. The van der Waals surface area contributed by atoms with Crippen molar-refractivity contribution in [3.8, 4) is 11.3 Å². The van der Waals surface area contributed by atoms with E-state index in [1.165, 1.54) is 6.07 Å². The number of fused-ring (bicyclic) bond motifs is 1. The highest BCUT2D eigenvalue weighted by atomic mass is 35.5. The predicted octanol–water partition coefficient (Wildman–Crippen LogP) is 5.33. The van der Waals surface area contributed by atoms with Gasteiger partial charge >= 0.3 is 0 Å². The SMILES string of the molecule is Cc1cc(C(=O)Nc2cc(-c3c(C4=CC(C)C(F)C=C4)nc4cccnn34)ccn2)cc(Cl)n1. The molecule has 4 heterocycles. The number of alkyl halides is 1. The molecule has 0 aliphatic heterocycles. The Bertz CT molecular complexity index is 1460. The predicted molar refractivity (Wildman–Crippen MR) is 129 cm³/mol. The lowest BCUT2D eigenvalue weighted by Crippen LogP contribution is -2.13. The summed E-state index contributed by atoms with van der Waals surface area (Å²) in [5.74, 6) is -0.266. The summed E-state index contributed by atoms with van der Waals surface area (Å²) in [6.45, 7) is 3.59. The molecule has 0 saturated carbocycles. The van der Waals surface area contributed by atoms with Gasteiger partial charge in [0.2, 0.25) is 0 Å². The van der Waals surface area contributed by atoms with E-state index in [4.69, 9.17) is 16.6 Å². The topological polar surface area (TPSA) is 85.1 Å². The number of aromatic nitrogens is 5. The first-order valence-corrected chi connectivity index (χ1v) is 11.1. The molecule has 4 aromatic rings. The number of rotatable bonds is 4. The van der Waals surface area contributed by atoms with Crippen molar-refractivity contribution < 1.29 is 9.18 Å². The van der Waals surface area contributed by atoms with Crippen LogP contribution >= 0.6 is 11.6 Å². The second-order valence-corrected chi connectivity index (χ2v) is 8.48. The molecule has 34 heavy (non-hydrogen) atoms. The molecule has 0 aromatic carbocycles. The summed E-state index contributed by atoms with van der Waals surface area (Å²) in [5.41, 5.74) is 4.63. The van der Waals surface area contributed by atoms with E-state index in [9.17, 15) is 9.18 Å². The molecule has 1 aliphatic carbocycles. The maximum atomic E-state index is 14.0. The number of allylic oxidation sites excluding steroid dienone is 4. The molecule has 170 valence electrons. The van der Waals surface area contributed by atoms with Gasteiger partial charge in [0.25, 0.3) is 5.91 Å². The monoisotopic (exact) mass is 474 g/mol. The number of nitrogens with zero attached hydrogens (tertiary/aromatic N) is 5. The van der Waals surface area contributed by atoms with Gasteiger partial charge in [0, 0.05) is 35.1 Å². The van der Waals surface area contributed by atoms with Gasteiger partial charge in [0.1, 0.15) is 22.8 Å².